The standard InChI is InChI=1S/C16H24O6/c1-9(6-8-12(17)18)5-7-11-10(2)13(19)15(21-3)16(22-4)14(11)20/h6,10-11,14,20H,5,7-8H2,1-4H3,(H,17,18)/b9-6+/t10-,11-,14-/m1/s1. The van der Waals surface area contributed by atoms with Crippen molar-refractivity contribution in [1.29, 1.82) is 0 Å². The minimum absolute atomic E-state index is 0.0232. The lowest BCUT2D eigenvalue weighted by Crippen LogP contribution is -2.40. The van der Waals surface area contributed by atoms with Crippen LogP contribution in [0.1, 0.15) is 33.1 Å². The third kappa shape index (κ3) is 4.10. The number of hydrogen-bond acceptors (Lipinski definition) is 5. The van der Waals surface area contributed by atoms with Crippen LogP contribution in [0.2, 0.25) is 0 Å². The number of carboxylic acid groups (broad SMARTS) is 1. The maximum absolute atomic E-state index is 12.3. The average molecular weight is 312 g/mol. The van der Waals surface area contributed by atoms with Crippen LogP contribution in [0.3, 0.4) is 0 Å². The van der Waals surface area contributed by atoms with Gasteiger partial charge in [-0.25, -0.2) is 0 Å². The van der Waals surface area contributed by atoms with Crippen LogP contribution in [0.4, 0.5) is 0 Å². The molecule has 0 saturated heterocycles. The van der Waals surface area contributed by atoms with Crippen molar-refractivity contribution in [2.24, 2.45) is 11.8 Å². The zero-order valence-electron chi connectivity index (χ0n) is 13.5. The lowest BCUT2D eigenvalue weighted by molar-refractivity contribution is -0.136. The van der Waals surface area contributed by atoms with E-state index in [1.165, 1.54) is 14.2 Å². The van der Waals surface area contributed by atoms with Crippen molar-refractivity contribution >= 4 is 11.8 Å². The molecule has 0 amide bonds. The fourth-order valence-electron chi connectivity index (χ4n) is 2.71. The number of Topliss-reactive ketones (excluding diaryl/α,β-unsaturated/α-hetero) is 1. The van der Waals surface area contributed by atoms with Crippen molar-refractivity contribution in [3.63, 3.8) is 0 Å². The second-order valence-electron chi connectivity index (χ2n) is 5.55. The minimum Gasteiger partial charge on any atom is -0.494 e. The monoisotopic (exact) mass is 312 g/mol. The van der Waals surface area contributed by atoms with E-state index in [1.807, 2.05) is 6.92 Å². The van der Waals surface area contributed by atoms with Gasteiger partial charge in [0.05, 0.1) is 20.6 Å². The quantitative estimate of drug-likeness (QED) is 0.697. The Morgan fingerprint density at radius 2 is 1.95 bits per heavy atom. The Labute approximate surface area is 130 Å². The Balaban J connectivity index is 2.83. The number of carbonyl (C=O) groups is 2. The molecular weight excluding hydrogens is 288 g/mol. The first-order valence-corrected chi connectivity index (χ1v) is 7.25. The molecular formula is C16H24O6. The zero-order valence-corrected chi connectivity index (χ0v) is 13.5. The van der Waals surface area contributed by atoms with E-state index >= 15 is 0 Å². The molecule has 0 heterocycles. The summed E-state index contributed by atoms with van der Waals surface area (Å²) in [5.41, 5.74) is 0.926. The Morgan fingerprint density at radius 3 is 2.45 bits per heavy atom. The first kappa shape index (κ1) is 18.2. The fraction of sp³-hybridized carbons (Fsp3) is 0.625. The van der Waals surface area contributed by atoms with Crippen molar-refractivity contribution in [3.8, 4) is 0 Å². The van der Waals surface area contributed by atoms with E-state index in [9.17, 15) is 14.7 Å². The zero-order chi connectivity index (χ0) is 16.9. The number of carbonyl (C=O) groups excluding carboxylic acids is 1. The summed E-state index contributed by atoms with van der Waals surface area (Å²) >= 11 is 0. The molecule has 6 heteroatoms. The van der Waals surface area contributed by atoms with E-state index in [0.29, 0.717) is 12.8 Å². The van der Waals surface area contributed by atoms with Gasteiger partial charge in [-0.05, 0) is 19.8 Å². The number of allylic oxidation sites excluding steroid dienone is 2. The van der Waals surface area contributed by atoms with Crippen molar-refractivity contribution in [1.82, 2.24) is 0 Å². The summed E-state index contributed by atoms with van der Waals surface area (Å²) in [5.74, 6) is -1.47. The summed E-state index contributed by atoms with van der Waals surface area (Å²) in [6, 6.07) is 0. The molecule has 1 aliphatic rings. The number of aliphatic hydroxyl groups is 1. The number of aliphatic carboxylic acids is 1. The summed E-state index contributed by atoms with van der Waals surface area (Å²) < 4.78 is 10.2. The topological polar surface area (TPSA) is 93.1 Å². The minimum atomic E-state index is -0.903. The van der Waals surface area contributed by atoms with Gasteiger partial charge in [0.2, 0.25) is 11.5 Å². The molecule has 0 aromatic heterocycles. The van der Waals surface area contributed by atoms with Gasteiger partial charge in [-0.15, -0.1) is 0 Å². The summed E-state index contributed by atoms with van der Waals surface area (Å²) in [7, 11) is 2.78. The molecule has 0 saturated carbocycles. The molecule has 124 valence electrons. The predicted molar refractivity (Wildman–Crippen MR) is 80.0 cm³/mol. The van der Waals surface area contributed by atoms with Crippen LogP contribution in [0.25, 0.3) is 0 Å². The third-order valence-electron chi connectivity index (χ3n) is 4.10. The normalized spacial score (nSPS) is 26.1. The van der Waals surface area contributed by atoms with Gasteiger partial charge in [-0.2, -0.15) is 0 Å². The molecule has 0 aromatic rings. The number of ether oxygens (including phenoxy) is 2. The highest BCUT2D eigenvalue weighted by Crippen LogP contribution is 2.36. The Hall–Kier alpha value is -1.82. The SMILES string of the molecule is COC1=C(OC)[C@H](O)[C@H](CC/C(C)=C/CC(=O)O)[C@@H](C)C1=O. The van der Waals surface area contributed by atoms with Crippen LogP contribution in [-0.4, -0.2) is 42.3 Å². The van der Waals surface area contributed by atoms with E-state index < -0.39 is 12.1 Å². The van der Waals surface area contributed by atoms with Crippen LogP contribution >= 0.6 is 0 Å². The van der Waals surface area contributed by atoms with Crippen LogP contribution < -0.4 is 0 Å². The van der Waals surface area contributed by atoms with Gasteiger partial charge in [-0.3, -0.25) is 9.59 Å². The number of hydrogen-bond donors (Lipinski definition) is 2. The van der Waals surface area contributed by atoms with Crippen LogP contribution in [0, 0.1) is 11.8 Å². The van der Waals surface area contributed by atoms with Gasteiger partial charge in [0.1, 0.15) is 6.10 Å². The highest BCUT2D eigenvalue weighted by molar-refractivity contribution is 5.97. The number of methoxy groups -OCH3 is 2. The van der Waals surface area contributed by atoms with Gasteiger partial charge < -0.3 is 19.7 Å². The fourth-order valence-corrected chi connectivity index (χ4v) is 2.71. The molecule has 0 aromatic carbocycles. The molecule has 22 heavy (non-hydrogen) atoms. The van der Waals surface area contributed by atoms with E-state index in [4.69, 9.17) is 14.6 Å². The first-order chi connectivity index (χ1) is 10.3. The maximum Gasteiger partial charge on any atom is 0.307 e. The summed E-state index contributed by atoms with van der Waals surface area (Å²) in [4.78, 5) is 22.8. The van der Waals surface area contributed by atoms with Crippen molar-refractivity contribution in [2.45, 2.75) is 39.2 Å². The second kappa shape index (κ2) is 7.98. The van der Waals surface area contributed by atoms with Gasteiger partial charge in [0.25, 0.3) is 0 Å². The largest absolute Gasteiger partial charge is 0.494 e. The molecule has 0 fully saturated rings. The maximum atomic E-state index is 12.3. The highest BCUT2D eigenvalue weighted by Gasteiger charge is 2.42. The predicted octanol–water partition coefficient (Wildman–Crippen LogP) is 1.89. The molecule has 1 aliphatic carbocycles. The average Bonchev–Trinajstić information content (AvgIpc) is 2.48. The van der Waals surface area contributed by atoms with E-state index in [0.717, 1.165) is 5.57 Å². The van der Waals surface area contributed by atoms with E-state index in [1.54, 1.807) is 13.0 Å². The number of aliphatic hydroxyl groups excluding tert-OH is 1. The molecule has 3 atom stereocenters. The number of rotatable bonds is 7. The first-order valence-electron chi connectivity index (χ1n) is 7.25. The molecule has 6 nitrogen and oxygen atoms in total. The van der Waals surface area contributed by atoms with Gasteiger partial charge in [-0.1, -0.05) is 18.6 Å². The van der Waals surface area contributed by atoms with Gasteiger partial charge in [0, 0.05) is 11.8 Å². The van der Waals surface area contributed by atoms with E-state index in [-0.39, 0.29) is 35.6 Å². The Bertz CT molecular complexity index is 491. The highest BCUT2D eigenvalue weighted by atomic mass is 16.5. The molecule has 1 rings (SSSR count). The smallest absolute Gasteiger partial charge is 0.307 e. The third-order valence-corrected chi connectivity index (χ3v) is 4.10. The van der Waals surface area contributed by atoms with Crippen molar-refractivity contribution in [3.05, 3.63) is 23.2 Å². The molecule has 0 unspecified atom stereocenters. The molecule has 0 spiro atoms. The van der Waals surface area contributed by atoms with Gasteiger partial charge in [0.15, 0.2) is 5.76 Å². The molecule has 0 bridgehead atoms. The van der Waals surface area contributed by atoms with Crippen LogP contribution in [0.15, 0.2) is 23.2 Å². The van der Waals surface area contributed by atoms with Crippen LogP contribution in [0.5, 0.6) is 0 Å². The van der Waals surface area contributed by atoms with Gasteiger partial charge >= 0.3 is 5.97 Å². The second-order valence-corrected chi connectivity index (χ2v) is 5.55. The summed E-state index contributed by atoms with van der Waals surface area (Å²) in [5, 5.41) is 19.1. The Kier molecular flexibility index (Phi) is 6.61. The number of carboxylic acids is 1. The molecule has 0 aliphatic heterocycles. The number of ketones is 1. The van der Waals surface area contributed by atoms with Crippen molar-refractivity contribution < 1.29 is 29.3 Å². The molecule has 2 N–H and O–H groups in total. The van der Waals surface area contributed by atoms with Crippen molar-refractivity contribution in [2.75, 3.05) is 14.2 Å². The Morgan fingerprint density at radius 1 is 1.32 bits per heavy atom. The molecule has 0 radical (unpaired) electrons. The summed E-state index contributed by atoms with van der Waals surface area (Å²) in [6.07, 6.45) is 1.91. The lowest BCUT2D eigenvalue weighted by atomic mass is 9.76. The van der Waals surface area contributed by atoms with E-state index in [2.05, 4.69) is 0 Å². The summed E-state index contributed by atoms with van der Waals surface area (Å²) in [6.45, 7) is 3.61. The lowest BCUT2D eigenvalue weighted by Gasteiger charge is -2.34. The van der Waals surface area contributed by atoms with Crippen LogP contribution in [-0.2, 0) is 19.1 Å².